The smallest absolute Gasteiger partial charge is 0.274 e. The van der Waals surface area contributed by atoms with E-state index in [0.29, 0.717) is 21.8 Å². The van der Waals surface area contributed by atoms with Gasteiger partial charge in [0.25, 0.3) is 5.69 Å². The summed E-state index contributed by atoms with van der Waals surface area (Å²) in [6.07, 6.45) is 1.42. The third kappa shape index (κ3) is 2.95. The van der Waals surface area contributed by atoms with E-state index in [-0.39, 0.29) is 11.4 Å². The van der Waals surface area contributed by atoms with E-state index in [4.69, 9.17) is 11.6 Å². The zero-order chi connectivity index (χ0) is 14.7. The van der Waals surface area contributed by atoms with Gasteiger partial charge in [-0.2, -0.15) is 0 Å². The molecule has 0 aliphatic carbocycles. The molecule has 0 amide bonds. The number of nitro benzene ring substituents is 1. The summed E-state index contributed by atoms with van der Waals surface area (Å²) in [5, 5.41) is 21.0. The molecule has 0 saturated heterocycles. The van der Waals surface area contributed by atoms with Crippen molar-refractivity contribution < 1.29 is 10.0 Å². The maximum atomic E-state index is 10.8. The summed E-state index contributed by atoms with van der Waals surface area (Å²) in [6.45, 7) is 1.63. The summed E-state index contributed by atoms with van der Waals surface area (Å²) < 4.78 is 0. The van der Waals surface area contributed by atoms with Gasteiger partial charge in [0.15, 0.2) is 0 Å². The largest absolute Gasteiger partial charge is 0.507 e. The van der Waals surface area contributed by atoms with Crippen LogP contribution in [0.3, 0.4) is 0 Å². The van der Waals surface area contributed by atoms with E-state index in [9.17, 15) is 15.2 Å². The Morgan fingerprint density at radius 1 is 1.35 bits per heavy atom. The van der Waals surface area contributed by atoms with E-state index in [2.05, 4.69) is 4.99 Å². The van der Waals surface area contributed by atoms with Crippen LogP contribution >= 0.6 is 11.6 Å². The minimum Gasteiger partial charge on any atom is -0.507 e. The molecule has 0 radical (unpaired) electrons. The van der Waals surface area contributed by atoms with Crippen LogP contribution in [-0.4, -0.2) is 16.2 Å². The summed E-state index contributed by atoms with van der Waals surface area (Å²) in [4.78, 5) is 14.6. The lowest BCUT2D eigenvalue weighted by Gasteiger charge is -2.02. The van der Waals surface area contributed by atoms with Gasteiger partial charge in [0.05, 0.1) is 16.2 Å². The molecule has 2 rings (SSSR count). The molecule has 5 nitrogen and oxygen atoms in total. The molecule has 0 atom stereocenters. The van der Waals surface area contributed by atoms with Crippen molar-refractivity contribution in [1.82, 2.24) is 0 Å². The van der Waals surface area contributed by atoms with Gasteiger partial charge in [0.2, 0.25) is 0 Å². The Kier molecular flexibility index (Phi) is 4.00. The fraction of sp³-hybridized carbons (Fsp3) is 0.0714. The van der Waals surface area contributed by atoms with Crippen LogP contribution in [0.4, 0.5) is 11.4 Å². The van der Waals surface area contributed by atoms with E-state index in [1.807, 2.05) is 0 Å². The average molecular weight is 291 g/mol. The maximum Gasteiger partial charge on any atom is 0.274 e. The number of benzene rings is 2. The maximum absolute atomic E-state index is 10.8. The third-order valence-electron chi connectivity index (χ3n) is 2.81. The highest BCUT2D eigenvalue weighted by Crippen LogP contribution is 2.28. The van der Waals surface area contributed by atoms with Crippen LogP contribution in [0.1, 0.15) is 11.1 Å². The van der Waals surface area contributed by atoms with E-state index in [1.54, 1.807) is 31.2 Å². The molecular weight excluding hydrogens is 280 g/mol. The van der Waals surface area contributed by atoms with Crippen molar-refractivity contribution >= 4 is 29.2 Å². The van der Waals surface area contributed by atoms with Gasteiger partial charge in [-0.05, 0) is 31.2 Å². The lowest BCUT2D eigenvalue weighted by Crippen LogP contribution is -1.91. The first-order valence-corrected chi connectivity index (χ1v) is 6.13. The number of nitro groups is 1. The van der Waals surface area contributed by atoms with E-state index in [0.717, 1.165) is 0 Å². The van der Waals surface area contributed by atoms with E-state index in [1.165, 1.54) is 18.3 Å². The van der Waals surface area contributed by atoms with E-state index < -0.39 is 4.92 Å². The van der Waals surface area contributed by atoms with Gasteiger partial charge in [0, 0.05) is 22.9 Å². The van der Waals surface area contributed by atoms with Crippen molar-refractivity contribution in [2.45, 2.75) is 6.92 Å². The molecule has 0 fully saturated rings. The number of aromatic hydroxyl groups is 1. The molecule has 0 aliphatic rings. The Balaban J connectivity index is 2.39. The Morgan fingerprint density at radius 3 is 2.80 bits per heavy atom. The highest BCUT2D eigenvalue weighted by atomic mass is 35.5. The Labute approximate surface area is 120 Å². The van der Waals surface area contributed by atoms with Crippen molar-refractivity contribution in [3.63, 3.8) is 0 Å². The first-order chi connectivity index (χ1) is 9.49. The molecule has 20 heavy (non-hydrogen) atoms. The summed E-state index contributed by atoms with van der Waals surface area (Å²) in [5.74, 6) is 0.0428. The zero-order valence-electron chi connectivity index (χ0n) is 10.6. The molecule has 2 aromatic rings. The normalized spacial score (nSPS) is 10.9. The number of rotatable bonds is 3. The van der Waals surface area contributed by atoms with Crippen LogP contribution in [0.15, 0.2) is 41.4 Å². The second-order valence-corrected chi connectivity index (χ2v) is 4.58. The SMILES string of the molecule is Cc1c(N=Cc2cc(Cl)ccc2O)cccc1[N+](=O)[O-]. The summed E-state index contributed by atoms with van der Waals surface area (Å²) >= 11 is 5.83. The first kappa shape index (κ1) is 14.0. The minimum absolute atomic E-state index is 0.00923. The van der Waals surface area contributed by atoms with Crippen LogP contribution in [-0.2, 0) is 0 Å². The predicted octanol–water partition coefficient (Wildman–Crippen LogP) is 4.01. The number of hydrogen-bond acceptors (Lipinski definition) is 4. The molecule has 0 spiro atoms. The topological polar surface area (TPSA) is 75.7 Å². The second kappa shape index (κ2) is 5.71. The van der Waals surface area contributed by atoms with Crippen molar-refractivity contribution in [2.75, 3.05) is 0 Å². The number of halogens is 1. The van der Waals surface area contributed by atoms with Gasteiger partial charge in [-0.1, -0.05) is 17.7 Å². The van der Waals surface area contributed by atoms with Crippen molar-refractivity contribution in [3.05, 3.63) is 62.7 Å². The highest BCUT2D eigenvalue weighted by Gasteiger charge is 2.12. The van der Waals surface area contributed by atoms with Gasteiger partial charge in [-0.25, -0.2) is 0 Å². The lowest BCUT2D eigenvalue weighted by molar-refractivity contribution is -0.385. The molecule has 0 heterocycles. The number of phenols is 1. The number of nitrogens with zero attached hydrogens (tertiary/aromatic N) is 2. The van der Waals surface area contributed by atoms with Crippen molar-refractivity contribution in [3.8, 4) is 5.75 Å². The van der Waals surface area contributed by atoms with Gasteiger partial charge >= 0.3 is 0 Å². The molecule has 1 N–H and O–H groups in total. The van der Waals surface area contributed by atoms with E-state index >= 15 is 0 Å². The summed E-state index contributed by atoms with van der Waals surface area (Å²) in [7, 11) is 0. The zero-order valence-corrected chi connectivity index (χ0v) is 11.3. The minimum atomic E-state index is -0.453. The fourth-order valence-corrected chi connectivity index (χ4v) is 1.90. The molecule has 0 unspecified atom stereocenters. The molecule has 6 heteroatoms. The van der Waals surface area contributed by atoms with Gasteiger partial charge in [-0.15, -0.1) is 0 Å². The van der Waals surface area contributed by atoms with Crippen molar-refractivity contribution in [1.29, 1.82) is 0 Å². The van der Waals surface area contributed by atoms with Crippen LogP contribution in [0.2, 0.25) is 5.02 Å². The van der Waals surface area contributed by atoms with Crippen LogP contribution < -0.4 is 0 Å². The molecule has 0 aromatic heterocycles. The second-order valence-electron chi connectivity index (χ2n) is 4.14. The van der Waals surface area contributed by atoms with Gasteiger partial charge in [0.1, 0.15) is 5.75 Å². The van der Waals surface area contributed by atoms with Gasteiger partial charge < -0.3 is 5.11 Å². The standard InChI is InChI=1S/C14H11ClN2O3/c1-9-12(3-2-4-13(9)17(19)20)16-8-10-7-11(15)5-6-14(10)18/h2-8,18H,1H3. The number of phenolic OH excluding ortho intramolecular Hbond substituents is 1. The first-order valence-electron chi connectivity index (χ1n) is 5.75. The third-order valence-corrected chi connectivity index (χ3v) is 3.04. The van der Waals surface area contributed by atoms with Crippen LogP contribution in [0.5, 0.6) is 5.75 Å². The highest BCUT2D eigenvalue weighted by molar-refractivity contribution is 6.30. The monoisotopic (exact) mass is 290 g/mol. The molecule has 102 valence electrons. The number of aliphatic imine (C=N–C) groups is 1. The summed E-state index contributed by atoms with van der Waals surface area (Å²) in [6, 6.07) is 9.24. The fourth-order valence-electron chi connectivity index (χ4n) is 1.72. The Morgan fingerprint density at radius 2 is 2.10 bits per heavy atom. The average Bonchev–Trinajstić information content (AvgIpc) is 2.41. The summed E-state index contributed by atoms with van der Waals surface area (Å²) in [5.41, 5.74) is 1.40. The molecular formula is C14H11ClN2O3. The predicted molar refractivity (Wildman–Crippen MR) is 78.2 cm³/mol. The van der Waals surface area contributed by atoms with Crippen LogP contribution in [0, 0.1) is 17.0 Å². The molecule has 2 aromatic carbocycles. The Bertz CT molecular complexity index is 699. The van der Waals surface area contributed by atoms with Crippen LogP contribution in [0.25, 0.3) is 0 Å². The molecule has 0 aliphatic heterocycles. The molecule has 0 bridgehead atoms. The quantitative estimate of drug-likeness (QED) is 0.527. The lowest BCUT2D eigenvalue weighted by atomic mass is 10.1. The van der Waals surface area contributed by atoms with Crippen molar-refractivity contribution in [2.24, 2.45) is 4.99 Å². The van der Waals surface area contributed by atoms with Gasteiger partial charge in [-0.3, -0.25) is 15.1 Å². The Hall–Kier alpha value is -2.40. The molecule has 0 saturated carbocycles. The number of hydrogen-bond donors (Lipinski definition) is 1.